The van der Waals surface area contributed by atoms with Gasteiger partial charge in [-0.05, 0) is 38.5 Å². The first kappa shape index (κ1) is 15.7. The third-order valence-corrected chi connectivity index (χ3v) is 5.13. The molecule has 1 heterocycles. The second-order valence-electron chi connectivity index (χ2n) is 6.03. The van der Waals surface area contributed by atoms with Gasteiger partial charge in [-0.25, -0.2) is 0 Å². The molecule has 0 aliphatic carbocycles. The van der Waals surface area contributed by atoms with Crippen LogP contribution < -0.4 is 11.3 Å². The lowest BCUT2D eigenvalue weighted by molar-refractivity contribution is 0.553. The zero-order chi connectivity index (χ0) is 14.8. The molecule has 3 N–H and O–H groups in total. The average Bonchev–Trinajstić information content (AvgIpc) is 2.81. The summed E-state index contributed by atoms with van der Waals surface area (Å²) in [4.78, 5) is 1.32. The van der Waals surface area contributed by atoms with Gasteiger partial charge in [0.15, 0.2) is 0 Å². The van der Waals surface area contributed by atoms with Crippen LogP contribution in [0.15, 0.2) is 40.2 Å². The van der Waals surface area contributed by atoms with Gasteiger partial charge in [0.2, 0.25) is 0 Å². The molecule has 4 heteroatoms. The van der Waals surface area contributed by atoms with Crippen LogP contribution in [0.3, 0.4) is 0 Å². The van der Waals surface area contributed by atoms with Crippen molar-refractivity contribution < 1.29 is 0 Å². The first-order chi connectivity index (χ1) is 9.40. The highest BCUT2D eigenvalue weighted by atomic mass is 79.9. The zero-order valence-corrected chi connectivity index (χ0v) is 14.5. The van der Waals surface area contributed by atoms with E-state index in [1.165, 1.54) is 16.0 Å². The molecule has 1 atom stereocenters. The number of hydrogen-bond donors (Lipinski definition) is 2. The summed E-state index contributed by atoms with van der Waals surface area (Å²) in [5.74, 6) is 5.73. The van der Waals surface area contributed by atoms with Gasteiger partial charge in [-0.3, -0.25) is 11.3 Å². The van der Waals surface area contributed by atoms with Gasteiger partial charge in [0.05, 0.1) is 6.04 Å². The summed E-state index contributed by atoms with van der Waals surface area (Å²) in [7, 11) is 0. The summed E-state index contributed by atoms with van der Waals surface area (Å²) in [6, 6.07) is 11.0. The molecule has 1 aromatic heterocycles. The SMILES string of the molecule is CC(C)(C)c1ccc(C(Cc2cc(Br)cs2)NN)cc1. The van der Waals surface area contributed by atoms with E-state index in [1.807, 2.05) is 0 Å². The number of hydrogen-bond acceptors (Lipinski definition) is 3. The van der Waals surface area contributed by atoms with Crippen LogP contribution in [0.2, 0.25) is 0 Å². The van der Waals surface area contributed by atoms with E-state index in [1.54, 1.807) is 11.3 Å². The average molecular weight is 353 g/mol. The maximum Gasteiger partial charge on any atom is 0.0508 e. The van der Waals surface area contributed by atoms with E-state index in [2.05, 4.69) is 77.8 Å². The molecule has 0 fully saturated rings. The molecule has 20 heavy (non-hydrogen) atoms. The van der Waals surface area contributed by atoms with E-state index in [0.29, 0.717) is 0 Å². The molecular formula is C16H21BrN2S. The Labute approximate surface area is 133 Å². The van der Waals surface area contributed by atoms with Crippen molar-refractivity contribution in [3.8, 4) is 0 Å². The number of halogens is 1. The molecule has 0 aliphatic heterocycles. The third-order valence-electron chi connectivity index (χ3n) is 3.41. The standard InChI is InChI=1S/C16H21BrN2S/c1-16(2,3)12-6-4-11(5-7-12)15(19-18)9-14-8-13(17)10-20-14/h4-8,10,15,19H,9,18H2,1-3H3. The molecule has 0 aliphatic rings. The molecule has 2 aromatic rings. The van der Waals surface area contributed by atoms with Crippen LogP contribution in [0, 0.1) is 0 Å². The summed E-state index contributed by atoms with van der Waals surface area (Å²) in [6.07, 6.45) is 0.904. The van der Waals surface area contributed by atoms with Crippen molar-refractivity contribution in [2.75, 3.05) is 0 Å². The Morgan fingerprint density at radius 2 is 1.90 bits per heavy atom. The number of nitrogens with two attached hydrogens (primary N) is 1. The maximum absolute atomic E-state index is 5.73. The molecule has 0 spiro atoms. The van der Waals surface area contributed by atoms with Crippen LogP contribution in [0.5, 0.6) is 0 Å². The summed E-state index contributed by atoms with van der Waals surface area (Å²) in [5, 5.41) is 2.10. The van der Waals surface area contributed by atoms with E-state index in [-0.39, 0.29) is 11.5 Å². The first-order valence-electron chi connectivity index (χ1n) is 6.69. The molecule has 0 bridgehead atoms. The summed E-state index contributed by atoms with van der Waals surface area (Å²) in [5.41, 5.74) is 5.68. The molecular weight excluding hydrogens is 332 g/mol. The van der Waals surface area contributed by atoms with Crippen LogP contribution in [0.25, 0.3) is 0 Å². The van der Waals surface area contributed by atoms with Crippen LogP contribution in [0.4, 0.5) is 0 Å². The monoisotopic (exact) mass is 352 g/mol. The highest BCUT2D eigenvalue weighted by molar-refractivity contribution is 9.10. The van der Waals surface area contributed by atoms with Gasteiger partial charge in [0.1, 0.15) is 0 Å². The molecule has 1 aromatic carbocycles. The highest BCUT2D eigenvalue weighted by Gasteiger charge is 2.16. The Hall–Kier alpha value is -0.680. The Morgan fingerprint density at radius 3 is 2.35 bits per heavy atom. The largest absolute Gasteiger partial charge is 0.271 e. The van der Waals surface area contributed by atoms with Gasteiger partial charge in [-0.2, -0.15) is 0 Å². The fourth-order valence-electron chi connectivity index (χ4n) is 2.15. The van der Waals surface area contributed by atoms with Crippen molar-refractivity contribution in [2.24, 2.45) is 5.84 Å². The van der Waals surface area contributed by atoms with Crippen LogP contribution in [-0.2, 0) is 11.8 Å². The van der Waals surface area contributed by atoms with Crippen LogP contribution in [-0.4, -0.2) is 0 Å². The van der Waals surface area contributed by atoms with Gasteiger partial charge in [-0.15, -0.1) is 11.3 Å². The minimum atomic E-state index is 0.148. The Bertz CT molecular complexity index is 555. The normalized spacial score (nSPS) is 13.4. The Morgan fingerprint density at radius 1 is 1.25 bits per heavy atom. The van der Waals surface area contributed by atoms with Gasteiger partial charge in [-0.1, -0.05) is 45.0 Å². The molecule has 0 saturated carbocycles. The molecule has 0 saturated heterocycles. The van der Waals surface area contributed by atoms with E-state index in [0.717, 1.165) is 10.9 Å². The lowest BCUT2D eigenvalue weighted by Gasteiger charge is -2.21. The minimum Gasteiger partial charge on any atom is -0.271 e. The van der Waals surface area contributed by atoms with Gasteiger partial charge in [0.25, 0.3) is 0 Å². The summed E-state index contributed by atoms with van der Waals surface area (Å²) < 4.78 is 1.14. The molecule has 0 radical (unpaired) electrons. The van der Waals surface area contributed by atoms with E-state index < -0.39 is 0 Å². The second kappa shape index (κ2) is 6.39. The van der Waals surface area contributed by atoms with E-state index in [4.69, 9.17) is 5.84 Å². The van der Waals surface area contributed by atoms with Gasteiger partial charge >= 0.3 is 0 Å². The lowest BCUT2D eigenvalue weighted by atomic mass is 9.86. The quantitative estimate of drug-likeness (QED) is 0.625. The molecule has 2 rings (SSSR count). The van der Waals surface area contributed by atoms with Crippen molar-refractivity contribution in [3.63, 3.8) is 0 Å². The predicted molar refractivity (Wildman–Crippen MR) is 90.9 cm³/mol. The number of thiophene rings is 1. The van der Waals surface area contributed by atoms with E-state index in [9.17, 15) is 0 Å². The van der Waals surface area contributed by atoms with Crippen molar-refractivity contribution in [1.29, 1.82) is 0 Å². The smallest absolute Gasteiger partial charge is 0.0508 e. The number of benzene rings is 1. The zero-order valence-electron chi connectivity index (χ0n) is 12.1. The van der Waals surface area contributed by atoms with Crippen molar-refractivity contribution in [2.45, 2.75) is 38.6 Å². The highest BCUT2D eigenvalue weighted by Crippen LogP contribution is 2.27. The van der Waals surface area contributed by atoms with Gasteiger partial charge < -0.3 is 0 Å². The molecule has 0 amide bonds. The lowest BCUT2D eigenvalue weighted by Crippen LogP contribution is -2.29. The second-order valence-corrected chi connectivity index (χ2v) is 7.94. The first-order valence-corrected chi connectivity index (χ1v) is 8.37. The van der Waals surface area contributed by atoms with Crippen molar-refractivity contribution in [1.82, 2.24) is 5.43 Å². The molecule has 1 unspecified atom stereocenters. The maximum atomic E-state index is 5.73. The summed E-state index contributed by atoms with van der Waals surface area (Å²) in [6.45, 7) is 6.68. The number of hydrazine groups is 1. The molecule has 108 valence electrons. The Kier molecular flexibility index (Phi) is 5.02. The topological polar surface area (TPSA) is 38.0 Å². The predicted octanol–water partition coefficient (Wildman–Crippen LogP) is 4.56. The fraction of sp³-hybridized carbons (Fsp3) is 0.375. The van der Waals surface area contributed by atoms with Crippen molar-refractivity contribution in [3.05, 3.63) is 56.2 Å². The Balaban J connectivity index is 2.15. The summed E-state index contributed by atoms with van der Waals surface area (Å²) >= 11 is 5.24. The van der Waals surface area contributed by atoms with Crippen LogP contribution >= 0.6 is 27.3 Å². The van der Waals surface area contributed by atoms with Crippen molar-refractivity contribution >= 4 is 27.3 Å². The van der Waals surface area contributed by atoms with Gasteiger partial charge in [0, 0.05) is 21.2 Å². The number of nitrogens with one attached hydrogen (secondary N) is 1. The van der Waals surface area contributed by atoms with Crippen LogP contribution in [0.1, 0.15) is 42.8 Å². The fourth-order valence-corrected chi connectivity index (χ4v) is 3.65. The third kappa shape index (κ3) is 3.92. The van der Waals surface area contributed by atoms with E-state index >= 15 is 0 Å². The molecule has 2 nitrogen and oxygen atoms in total. The minimum absolute atomic E-state index is 0.148. The number of rotatable bonds is 4.